The molecule has 0 aromatic carbocycles. The Hall–Kier alpha value is -2.14. The van der Waals surface area contributed by atoms with Crippen LogP contribution in [0.2, 0.25) is 5.28 Å². The third-order valence-corrected chi connectivity index (χ3v) is 4.22. The zero-order valence-corrected chi connectivity index (χ0v) is 14.3. The molecular weight excluding hydrogens is 322 g/mol. The number of halogens is 1. The summed E-state index contributed by atoms with van der Waals surface area (Å²) in [5, 5.41) is 6.78. The number of allylic oxidation sites excluding steroid dienone is 7. The van der Waals surface area contributed by atoms with E-state index in [0.29, 0.717) is 17.9 Å². The number of rotatable bonds is 4. The van der Waals surface area contributed by atoms with Gasteiger partial charge in [-0.1, -0.05) is 56.1 Å². The van der Waals surface area contributed by atoms with E-state index in [1.165, 1.54) is 25.7 Å². The molecule has 2 aliphatic rings. The van der Waals surface area contributed by atoms with Crippen LogP contribution in [-0.4, -0.2) is 21.0 Å². The summed E-state index contributed by atoms with van der Waals surface area (Å²) in [5.41, 5.74) is 0.887. The lowest BCUT2D eigenvalue weighted by atomic mass is 10.1. The monoisotopic (exact) mass is 343 g/mol. The van der Waals surface area contributed by atoms with E-state index in [2.05, 4.69) is 25.6 Å². The first-order valence-corrected chi connectivity index (χ1v) is 8.84. The van der Waals surface area contributed by atoms with E-state index in [-0.39, 0.29) is 5.28 Å². The smallest absolute Gasteiger partial charge is 0.233 e. The number of anilines is 2. The molecule has 5 nitrogen and oxygen atoms in total. The highest BCUT2D eigenvalue weighted by molar-refractivity contribution is 6.28. The maximum atomic E-state index is 6.07. The van der Waals surface area contributed by atoms with Crippen LogP contribution in [0.3, 0.4) is 0 Å². The third kappa shape index (κ3) is 5.20. The molecule has 1 saturated carbocycles. The van der Waals surface area contributed by atoms with Crippen LogP contribution >= 0.6 is 11.6 Å². The molecule has 24 heavy (non-hydrogen) atoms. The van der Waals surface area contributed by atoms with Gasteiger partial charge in [-0.3, -0.25) is 0 Å². The fraction of sp³-hybridized carbons (Fsp3) is 0.389. The van der Waals surface area contributed by atoms with Crippen LogP contribution in [0, 0.1) is 0 Å². The van der Waals surface area contributed by atoms with Gasteiger partial charge in [-0.15, -0.1) is 0 Å². The standard InChI is InChI=1S/C18H22ClN5/c19-16-22-17(20-14-10-6-2-1-3-7-11-14)24-18(23-16)21-15-12-8-4-5-9-13-15/h1-3,6-7,10-11,15H,4-5,8-9,12-13H2,(H2,20,21,22,23,24)/b2-1-,3-1?,6-2?,7-3-,10-6?,11-7?,14-10?,14-11?. The molecule has 3 rings (SSSR count). The summed E-state index contributed by atoms with van der Waals surface area (Å²) in [6, 6.07) is 0.410. The molecular formula is C18H22ClN5. The fourth-order valence-corrected chi connectivity index (χ4v) is 3.02. The summed E-state index contributed by atoms with van der Waals surface area (Å²) in [5.74, 6) is 0.982. The van der Waals surface area contributed by atoms with Gasteiger partial charge in [0.1, 0.15) is 0 Å². The first-order chi connectivity index (χ1) is 11.8. The summed E-state index contributed by atoms with van der Waals surface area (Å²) in [6.45, 7) is 0. The van der Waals surface area contributed by atoms with Crippen LogP contribution in [0.25, 0.3) is 0 Å². The van der Waals surface area contributed by atoms with E-state index in [1.807, 2.05) is 42.5 Å². The minimum Gasteiger partial charge on any atom is -0.351 e. The SMILES string of the molecule is Clc1nc(NC2=C/C=C\C=C/C=C2)nc(NC2CCCCCC2)n1. The second-order valence-corrected chi connectivity index (χ2v) is 6.30. The van der Waals surface area contributed by atoms with Crippen molar-refractivity contribution >= 4 is 23.5 Å². The second kappa shape index (κ2) is 8.64. The molecule has 1 aromatic heterocycles. The quantitative estimate of drug-likeness (QED) is 0.780. The van der Waals surface area contributed by atoms with E-state index < -0.39 is 0 Å². The largest absolute Gasteiger partial charge is 0.351 e. The van der Waals surface area contributed by atoms with Crippen LogP contribution in [-0.2, 0) is 0 Å². The van der Waals surface area contributed by atoms with Crippen LogP contribution in [0.1, 0.15) is 38.5 Å². The lowest BCUT2D eigenvalue weighted by Gasteiger charge is -2.16. The van der Waals surface area contributed by atoms with Crippen molar-refractivity contribution in [3.63, 3.8) is 0 Å². The van der Waals surface area contributed by atoms with E-state index in [1.54, 1.807) is 0 Å². The lowest BCUT2D eigenvalue weighted by Crippen LogP contribution is -2.20. The number of nitrogens with one attached hydrogen (secondary N) is 2. The number of aromatic nitrogens is 3. The van der Waals surface area contributed by atoms with E-state index in [9.17, 15) is 0 Å². The van der Waals surface area contributed by atoms with Gasteiger partial charge in [0.05, 0.1) is 0 Å². The van der Waals surface area contributed by atoms with Gasteiger partial charge < -0.3 is 10.6 Å². The molecule has 1 heterocycles. The van der Waals surface area contributed by atoms with Crippen LogP contribution in [0.4, 0.5) is 11.9 Å². The molecule has 0 atom stereocenters. The van der Waals surface area contributed by atoms with E-state index >= 15 is 0 Å². The Labute approximate surface area is 147 Å². The topological polar surface area (TPSA) is 62.7 Å². The Balaban J connectivity index is 1.71. The summed E-state index contributed by atoms with van der Waals surface area (Å²) < 4.78 is 0. The molecule has 1 fully saturated rings. The minimum atomic E-state index is 0.189. The van der Waals surface area contributed by atoms with Crippen molar-refractivity contribution in [1.82, 2.24) is 15.0 Å². The maximum absolute atomic E-state index is 6.07. The number of hydrogen-bond acceptors (Lipinski definition) is 5. The van der Waals surface area contributed by atoms with Gasteiger partial charge in [0.15, 0.2) is 0 Å². The molecule has 0 unspecified atom stereocenters. The van der Waals surface area contributed by atoms with Crippen LogP contribution < -0.4 is 10.6 Å². The molecule has 0 spiro atoms. The van der Waals surface area contributed by atoms with Gasteiger partial charge in [0.2, 0.25) is 17.2 Å². The Kier molecular flexibility index (Phi) is 6.01. The first-order valence-electron chi connectivity index (χ1n) is 8.46. The highest BCUT2D eigenvalue weighted by atomic mass is 35.5. The molecule has 0 saturated heterocycles. The first kappa shape index (κ1) is 16.7. The predicted molar refractivity (Wildman–Crippen MR) is 99.1 cm³/mol. The molecule has 2 N–H and O–H groups in total. The van der Waals surface area contributed by atoms with E-state index in [0.717, 1.165) is 18.5 Å². The normalized spacial score (nSPS) is 21.1. The summed E-state index contributed by atoms with van der Waals surface area (Å²) >= 11 is 6.07. The highest BCUT2D eigenvalue weighted by Crippen LogP contribution is 2.21. The van der Waals surface area contributed by atoms with Crippen molar-refractivity contribution in [2.75, 3.05) is 10.6 Å². The molecule has 126 valence electrons. The molecule has 1 aromatic rings. The van der Waals surface area contributed by atoms with Crippen molar-refractivity contribution in [3.8, 4) is 0 Å². The number of nitrogens with zero attached hydrogens (tertiary/aromatic N) is 3. The fourth-order valence-electron chi connectivity index (χ4n) is 2.86. The van der Waals surface area contributed by atoms with Gasteiger partial charge in [0, 0.05) is 11.7 Å². The Bertz CT molecular complexity index is 670. The van der Waals surface area contributed by atoms with Crippen molar-refractivity contribution in [3.05, 3.63) is 53.5 Å². The average Bonchev–Trinajstić information content (AvgIpc) is 2.78. The summed E-state index contributed by atoms with van der Waals surface area (Å²) in [4.78, 5) is 12.8. The van der Waals surface area contributed by atoms with Gasteiger partial charge in [-0.05, 0) is 36.6 Å². The van der Waals surface area contributed by atoms with Crippen molar-refractivity contribution in [2.24, 2.45) is 0 Å². The highest BCUT2D eigenvalue weighted by Gasteiger charge is 2.14. The van der Waals surface area contributed by atoms with Gasteiger partial charge >= 0.3 is 0 Å². The third-order valence-electron chi connectivity index (χ3n) is 4.05. The molecule has 0 radical (unpaired) electrons. The number of hydrogen-bond donors (Lipinski definition) is 2. The maximum Gasteiger partial charge on any atom is 0.233 e. The second-order valence-electron chi connectivity index (χ2n) is 5.96. The van der Waals surface area contributed by atoms with Crippen molar-refractivity contribution < 1.29 is 0 Å². The Morgan fingerprint density at radius 3 is 2.38 bits per heavy atom. The molecule has 6 heteroatoms. The average molecular weight is 344 g/mol. The van der Waals surface area contributed by atoms with E-state index in [4.69, 9.17) is 11.6 Å². The Morgan fingerprint density at radius 2 is 1.54 bits per heavy atom. The Morgan fingerprint density at radius 1 is 0.833 bits per heavy atom. The van der Waals surface area contributed by atoms with Crippen molar-refractivity contribution in [1.29, 1.82) is 0 Å². The van der Waals surface area contributed by atoms with Crippen LogP contribution in [0.15, 0.2) is 48.2 Å². The minimum absolute atomic E-state index is 0.189. The van der Waals surface area contributed by atoms with Crippen molar-refractivity contribution in [2.45, 2.75) is 44.6 Å². The summed E-state index contributed by atoms with van der Waals surface area (Å²) in [7, 11) is 0. The predicted octanol–water partition coefficient (Wildman–Crippen LogP) is 4.64. The molecule has 0 aliphatic heterocycles. The zero-order valence-electron chi connectivity index (χ0n) is 13.6. The molecule has 0 amide bonds. The molecule has 2 aliphatic carbocycles. The van der Waals surface area contributed by atoms with Gasteiger partial charge in [-0.25, -0.2) is 0 Å². The zero-order chi connectivity index (χ0) is 16.6. The van der Waals surface area contributed by atoms with Crippen LogP contribution in [0.5, 0.6) is 0 Å². The van der Waals surface area contributed by atoms with Gasteiger partial charge in [0.25, 0.3) is 0 Å². The van der Waals surface area contributed by atoms with Gasteiger partial charge in [-0.2, -0.15) is 15.0 Å². The molecule has 0 bridgehead atoms. The summed E-state index contributed by atoms with van der Waals surface area (Å²) in [6.07, 6.45) is 21.1. The lowest BCUT2D eigenvalue weighted by molar-refractivity contribution is 0.614.